The standard InChI is InChI=1S/C14H10F3NO3/c15-14(16,17)21-12-7-5-11(6-8-12)20-10-3-1-9(2-4-10)13(18)19/h1-8H,(H2,18,19). The molecule has 0 radical (unpaired) electrons. The van der Waals surface area contributed by atoms with Crippen LogP contribution in [-0.4, -0.2) is 12.3 Å². The summed E-state index contributed by atoms with van der Waals surface area (Å²) in [4.78, 5) is 10.9. The molecule has 2 N–H and O–H groups in total. The Hall–Kier alpha value is -2.70. The second-order valence-electron chi connectivity index (χ2n) is 4.01. The van der Waals surface area contributed by atoms with E-state index in [2.05, 4.69) is 4.74 Å². The summed E-state index contributed by atoms with van der Waals surface area (Å²) in [6.45, 7) is 0. The summed E-state index contributed by atoms with van der Waals surface area (Å²) in [5, 5.41) is 0. The van der Waals surface area contributed by atoms with Crippen LogP contribution in [0.25, 0.3) is 0 Å². The zero-order valence-electron chi connectivity index (χ0n) is 10.6. The predicted molar refractivity (Wildman–Crippen MR) is 68.2 cm³/mol. The fraction of sp³-hybridized carbons (Fsp3) is 0.0714. The molecule has 1 amide bonds. The summed E-state index contributed by atoms with van der Waals surface area (Å²) < 4.78 is 45.2. The van der Waals surface area contributed by atoms with Gasteiger partial charge in [0.15, 0.2) is 0 Å². The largest absolute Gasteiger partial charge is 0.573 e. The van der Waals surface area contributed by atoms with Crippen LogP contribution in [0.1, 0.15) is 10.4 Å². The number of carbonyl (C=O) groups excluding carboxylic acids is 1. The summed E-state index contributed by atoms with van der Waals surface area (Å²) in [6.07, 6.45) is -4.73. The summed E-state index contributed by atoms with van der Waals surface area (Å²) in [7, 11) is 0. The van der Waals surface area contributed by atoms with E-state index >= 15 is 0 Å². The molecule has 0 aromatic heterocycles. The molecule has 21 heavy (non-hydrogen) atoms. The van der Waals surface area contributed by atoms with E-state index in [1.54, 1.807) is 0 Å². The Bertz CT molecular complexity index is 621. The second-order valence-corrected chi connectivity index (χ2v) is 4.01. The average Bonchev–Trinajstić information content (AvgIpc) is 2.40. The number of halogens is 3. The minimum absolute atomic E-state index is 0.330. The van der Waals surface area contributed by atoms with Crippen LogP contribution < -0.4 is 15.2 Å². The van der Waals surface area contributed by atoms with E-state index in [1.807, 2.05) is 0 Å². The lowest BCUT2D eigenvalue weighted by molar-refractivity contribution is -0.274. The van der Waals surface area contributed by atoms with E-state index in [0.717, 1.165) is 12.1 Å². The van der Waals surface area contributed by atoms with E-state index in [0.29, 0.717) is 17.1 Å². The quantitative estimate of drug-likeness (QED) is 0.939. The van der Waals surface area contributed by atoms with E-state index in [-0.39, 0.29) is 5.75 Å². The Morgan fingerprint density at radius 1 is 0.857 bits per heavy atom. The van der Waals surface area contributed by atoms with Crippen LogP contribution in [0.4, 0.5) is 13.2 Å². The Kier molecular flexibility index (Phi) is 4.02. The van der Waals surface area contributed by atoms with Gasteiger partial charge in [-0.1, -0.05) is 0 Å². The maximum Gasteiger partial charge on any atom is 0.573 e. The van der Waals surface area contributed by atoms with Crippen molar-refractivity contribution in [3.63, 3.8) is 0 Å². The molecule has 0 fully saturated rings. The van der Waals surface area contributed by atoms with E-state index in [1.165, 1.54) is 36.4 Å². The molecular formula is C14H10F3NO3. The highest BCUT2D eigenvalue weighted by atomic mass is 19.4. The van der Waals surface area contributed by atoms with Gasteiger partial charge in [-0.2, -0.15) is 0 Å². The van der Waals surface area contributed by atoms with Gasteiger partial charge in [0.05, 0.1) is 0 Å². The molecule has 0 spiro atoms. The van der Waals surface area contributed by atoms with Gasteiger partial charge >= 0.3 is 6.36 Å². The monoisotopic (exact) mass is 297 g/mol. The number of benzene rings is 2. The lowest BCUT2D eigenvalue weighted by Crippen LogP contribution is -2.16. The number of alkyl halides is 3. The molecule has 0 atom stereocenters. The molecule has 0 saturated heterocycles. The van der Waals surface area contributed by atoms with E-state index < -0.39 is 12.3 Å². The first kappa shape index (κ1) is 14.7. The molecule has 0 heterocycles. The first-order chi connectivity index (χ1) is 9.83. The van der Waals surface area contributed by atoms with Gasteiger partial charge in [-0.3, -0.25) is 4.79 Å². The molecule has 0 aliphatic rings. The maximum atomic E-state index is 12.0. The van der Waals surface area contributed by atoms with Crippen LogP contribution >= 0.6 is 0 Å². The molecular weight excluding hydrogens is 287 g/mol. The number of rotatable bonds is 4. The zero-order valence-corrected chi connectivity index (χ0v) is 10.6. The van der Waals surface area contributed by atoms with Gasteiger partial charge in [0, 0.05) is 5.56 Å². The van der Waals surface area contributed by atoms with Crippen molar-refractivity contribution in [3.05, 3.63) is 54.1 Å². The van der Waals surface area contributed by atoms with Gasteiger partial charge in [-0.25, -0.2) is 0 Å². The third kappa shape index (κ3) is 4.41. The molecule has 0 unspecified atom stereocenters. The first-order valence-corrected chi connectivity index (χ1v) is 5.77. The average molecular weight is 297 g/mol. The second kappa shape index (κ2) is 5.74. The molecule has 2 rings (SSSR count). The van der Waals surface area contributed by atoms with E-state index in [4.69, 9.17) is 10.5 Å². The SMILES string of the molecule is NC(=O)c1ccc(Oc2ccc(OC(F)(F)F)cc2)cc1. The highest BCUT2D eigenvalue weighted by Gasteiger charge is 2.30. The van der Waals surface area contributed by atoms with Crippen molar-refractivity contribution in [3.8, 4) is 17.2 Å². The van der Waals surface area contributed by atoms with Crippen molar-refractivity contribution in [2.24, 2.45) is 5.73 Å². The minimum atomic E-state index is -4.73. The first-order valence-electron chi connectivity index (χ1n) is 5.77. The topological polar surface area (TPSA) is 61.6 Å². The Labute approximate surface area is 117 Å². The van der Waals surface area contributed by atoms with Gasteiger partial charge in [-0.05, 0) is 48.5 Å². The third-order valence-corrected chi connectivity index (χ3v) is 2.43. The van der Waals surface area contributed by atoms with Crippen LogP contribution in [0, 0.1) is 0 Å². The summed E-state index contributed by atoms with van der Waals surface area (Å²) in [5.41, 5.74) is 5.43. The molecule has 0 saturated carbocycles. The molecule has 0 aliphatic heterocycles. The van der Waals surface area contributed by atoms with Crippen molar-refractivity contribution < 1.29 is 27.4 Å². The fourth-order valence-electron chi connectivity index (χ4n) is 1.53. The van der Waals surface area contributed by atoms with Gasteiger partial charge in [0.25, 0.3) is 0 Å². The van der Waals surface area contributed by atoms with Crippen LogP contribution in [0.3, 0.4) is 0 Å². The lowest BCUT2D eigenvalue weighted by atomic mass is 10.2. The van der Waals surface area contributed by atoms with Crippen molar-refractivity contribution in [2.45, 2.75) is 6.36 Å². The zero-order chi connectivity index (χ0) is 15.5. The van der Waals surface area contributed by atoms with Crippen molar-refractivity contribution in [1.82, 2.24) is 0 Å². The Balaban J connectivity index is 2.04. The van der Waals surface area contributed by atoms with Gasteiger partial charge < -0.3 is 15.2 Å². The van der Waals surface area contributed by atoms with Crippen LogP contribution in [-0.2, 0) is 0 Å². The molecule has 2 aromatic carbocycles. The molecule has 110 valence electrons. The Morgan fingerprint density at radius 2 is 1.29 bits per heavy atom. The highest BCUT2D eigenvalue weighted by Crippen LogP contribution is 2.27. The maximum absolute atomic E-state index is 12.0. The number of primary amides is 1. The van der Waals surface area contributed by atoms with Crippen molar-refractivity contribution in [1.29, 1.82) is 0 Å². The fourth-order valence-corrected chi connectivity index (χ4v) is 1.53. The lowest BCUT2D eigenvalue weighted by Gasteiger charge is -2.10. The number of hydrogen-bond acceptors (Lipinski definition) is 3. The molecule has 0 aliphatic carbocycles. The molecule has 2 aromatic rings. The van der Waals surface area contributed by atoms with Crippen molar-refractivity contribution in [2.75, 3.05) is 0 Å². The Morgan fingerprint density at radius 3 is 1.71 bits per heavy atom. The molecule has 7 heteroatoms. The molecule has 4 nitrogen and oxygen atoms in total. The number of hydrogen-bond donors (Lipinski definition) is 1. The summed E-state index contributed by atoms with van der Waals surface area (Å²) >= 11 is 0. The van der Waals surface area contributed by atoms with E-state index in [9.17, 15) is 18.0 Å². The molecule has 0 bridgehead atoms. The van der Waals surface area contributed by atoms with Crippen LogP contribution in [0.15, 0.2) is 48.5 Å². The normalized spacial score (nSPS) is 11.0. The predicted octanol–water partition coefficient (Wildman–Crippen LogP) is 3.48. The highest BCUT2D eigenvalue weighted by molar-refractivity contribution is 5.92. The summed E-state index contributed by atoms with van der Waals surface area (Å²) in [5.74, 6) is -0.144. The van der Waals surface area contributed by atoms with Crippen molar-refractivity contribution >= 4 is 5.91 Å². The number of ether oxygens (including phenoxy) is 2. The number of carbonyl (C=O) groups is 1. The van der Waals surface area contributed by atoms with Gasteiger partial charge in [0.2, 0.25) is 5.91 Å². The smallest absolute Gasteiger partial charge is 0.457 e. The number of amides is 1. The van der Waals surface area contributed by atoms with Crippen LogP contribution in [0.2, 0.25) is 0 Å². The van der Waals surface area contributed by atoms with Gasteiger partial charge in [0.1, 0.15) is 17.2 Å². The third-order valence-electron chi connectivity index (χ3n) is 2.43. The summed E-state index contributed by atoms with van der Waals surface area (Å²) in [6, 6.07) is 11.0. The van der Waals surface area contributed by atoms with Gasteiger partial charge in [-0.15, -0.1) is 13.2 Å². The minimum Gasteiger partial charge on any atom is -0.457 e. The van der Waals surface area contributed by atoms with Crippen LogP contribution in [0.5, 0.6) is 17.2 Å². The number of nitrogens with two attached hydrogens (primary N) is 1.